The minimum absolute atomic E-state index is 0.173. The van der Waals surface area contributed by atoms with Gasteiger partial charge in [0.15, 0.2) is 0 Å². The highest BCUT2D eigenvalue weighted by atomic mass is 19.1. The summed E-state index contributed by atoms with van der Waals surface area (Å²) in [4.78, 5) is 19.1. The third kappa shape index (κ3) is 4.43. The van der Waals surface area contributed by atoms with Crippen molar-refractivity contribution in [2.45, 2.75) is 19.9 Å². The molecule has 1 N–H and O–H groups in total. The molecule has 0 saturated heterocycles. The van der Waals surface area contributed by atoms with E-state index in [-0.39, 0.29) is 5.89 Å². The first-order chi connectivity index (χ1) is 17.4. The van der Waals surface area contributed by atoms with Gasteiger partial charge in [-0.25, -0.2) is 13.6 Å². The van der Waals surface area contributed by atoms with E-state index in [2.05, 4.69) is 15.5 Å². The second kappa shape index (κ2) is 9.61. The number of amides is 2. The van der Waals surface area contributed by atoms with E-state index in [1.807, 2.05) is 31.2 Å². The van der Waals surface area contributed by atoms with Crippen molar-refractivity contribution in [2.24, 2.45) is 0 Å². The van der Waals surface area contributed by atoms with Crippen LogP contribution in [0, 0.1) is 11.6 Å². The van der Waals surface area contributed by atoms with Crippen molar-refractivity contribution in [3.8, 4) is 17.1 Å². The Kier molecular flexibility index (Phi) is 6.20. The van der Waals surface area contributed by atoms with Crippen LogP contribution in [-0.2, 0) is 0 Å². The number of hydrogen-bond donors (Lipinski definition) is 1. The Morgan fingerprint density at radius 1 is 1.03 bits per heavy atom. The standard InChI is InChI=1S/C27H22F2N4O3/c1-3-35-22-13-9-18(10-14-22)25-31-26(36-32-25)23-16(2)33(21-6-4-5-20(29)15-21)27(34)30-24(23)17-7-11-19(28)12-8-17/h4-15,24H,3H2,1-2H3,(H,30,34). The van der Waals surface area contributed by atoms with Gasteiger partial charge in [0.2, 0.25) is 5.82 Å². The molecule has 3 aromatic carbocycles. The Labute approximate surface area is 206 Å². The molecule has 0 fully saturated rings. The number of anilines is 1. The Morgan fingerprint density at radius 2 is 1.78 bits per heavy atom. The van der Waals surface area contributed by atoms with Crippen molar-refractivity contribution in [2.75, 3.05) is 11.5 Å². The number of nitrogens with one attached hydrogen (secondary N) is 1. The summed E-state index contributed by atoms with van der Waals surface area (Å²) in [5.74, 6) is 0.360. The van der Waals surface area contributed by atoms with Crippen molar-refractivity contribution in [3.63, 3.8) is 0 Å². The maximum absolute atomic E-state index is 14.0. The summed E-state index contributed by atoms with van der Waals surface area (Å²) in [7, 11) is 0. The van der Waals surface area contributed by atoms with Gasteiger partial charge in [-0.15, -0.1) is 0 Å². The molecule has 1 atom stereocenters. The lowest BCUT2D eigenvalue weighted by Crippen LogP contribution is -2.46. The van der Waals surface area contributed by atoms with Gasteiger partial charge in [0, 0.05) is 11.3 Å². The number of rotatable bonds is 6. The number of hydrogen-bond acceptors (Lipinski definition) is 5. The highest BCUT2D eigenvalue weighted by Crippen LogP contribution is 2.39. The number of allylic oxidation sites excluding steroid dienone is 1. The van der Waals surface area contributed by atoms with Crippen molar-refractivity contribution in [3.05, 3.63) is 102 Å². The highest BCUT2D eigenvalue weighted by Gasteiger charge is 2.36. The van der Waals surface area contributed by atoms with Gasteiger partial charge in [-0.05, 0) is 74.0 Å². The zero-order chi connectivity index (χ0) is 25.2. The summed E-state index contributed by atoms with van der Waals surface area (Å²) in [6.45, 7) is 4.18. The van der Waals surface area contributed by atoms with Crippen molar-refractivity contribution < 1.29 is 22.8 Å². The molecule has 9 heteroatoms. The topological polar surface area (TPSA) is 80.5 Å². The summed E-state index contributed by atoms with van der Waals surface area (Å²) in [5.41, 5.74) is 2.66. The quantitative estimate of drug-likeness (QED) is 0.354. The van der Waals surface area contributed by atoms with Crippen LogP contribution < -0.4 is 15.0 Å². The van der Waals surface area contributed by atoms with Crippen molar-refractivity contribution in [1.29, 1.82) is 0 Å². The van der Waals surface area contributed by atoms with Crippen molar-refractivity contribution in [1.82, 2.24) is 15.5 Å². The van der Waals surface area contributed by atoms with Gasteiger partial charge in [0.1, 0.15) is 17.4 Å². The molecular formula is C27H22F2N4O3. The normalized spacial score (nSPS) is 15.7. The third-order valence-corrected chi connectivity index (χ3v) is 5.83. The first kappa shape index (κ1) is 23.2. The zero-order valence-corrected chi connectivity index (χ0v) is 19.5. The Morgan fingerprint density at radius 3 is 2.47 bits per heavy atom. The number of urea groups is 1. The van der Waals surface area contributed by atoms with Crippen LogP contribution in [0.5, 0.6) is 5.75 Å². The van der Waals surface area contributed by atoms with Crippen LogP contribution in [0.2, 0.25) is 0 Å². The monoisotopic (exact) mass is 488 g/mol. The Balaban J connectivity index is 1.61. The maximum atomic E-state index is 14.0. The summed E-state index contributed by atoms with van der Waals surface area (Å²) in [6, 6.07) is 17.6. The van der Waals surface area contributed by atoms with Crippen LogP contribution in [0.4, 0.5) is 19.3 Å². The number of aromatic nitrogens is 2. The first-order valence-electron chi connectivity index (χ1n) is 11.3. The van der Waals surface area contributed by atoms with Gasteiger partial charge in [-0.2, -0.15) is 4.98 Å². The van der Waals surface area contributed by atoms with Gasteiger partial charge < -0.3 is 14.6 Å². The number of carbonyl (C=O) groups is 1. The fourth-order valence-electron chi connectivity index (χ4n) is 4.17. The fourth-order valence-corrected chi connectivity index (χ4v) is 4.17. The van der Waals surface area contributed by atoms with Gasteiger partial charge in [0.25, 0.3) is 5.89 Å². The SMILES string of the molecule is CCOc1ccc(-c2noc(C3=C(C)N(c4cccc(F)c4)C(=O)NC3c3ccc(F)cc3)n2)cc1. The molecule has 0 aliphatic carbocycles. The third-order valence-electron chi connectivity index (χ3n) is 5.83. The van der Waals surface area contributed by atoms with Crippen LogP contribution in [-0.4, -0.2) is 22.8 Å². The highest BCUT2D eigenvalue weighted by molar-refractivity contribution is 6.01. The molecule has 0 spiro atoms. The van der Waals surface area contributed by atoms with Crippen LogP contribution >= 0.6 is 0 Å². The molecule has 0 saturated carbocycles. The molecule has 0 radical (unpaired) electrons. The van der Waals surface area contributed by atoms with E-state index >= 15 is 0 Å². The van der Waals surface area contributed by atoms with Gasteiger partial charge in [-0.3, -0.25) is 4.90 Å². The largest absolute Gasteiger partial charge is 0.494 e. The second-order valence-corrected chi connectivity index (χ2v) is 8.13. The molecule has 7 nitrogen and oxygen atoms in total. The molecular weight excluding hydrogens is 466 g/mol. The van der Waals surface area contributed by atoms with E-state index in [1.54, 1.807) is 25.1 Å². The van der Waals surface area contributed by atoms with Gasteiger partial charge in [-0.1, -0.05) is 23.4 Å². The molecule has 36 heavy (non-hydrogen) atoms. The number of nitrogens with zero attached hydrogens (tertiary/aromatic N) is 3. The summed E-state index contributed by atoms with van der Waals surface area (Å²) < 4.78 is 38.7. The Hall–Kier alpha value is -4.53. The van der Waals surface area contributed by atoms with Crippen LogP contribution in [0.25, 0.3) is 17.0 Å². The van der Waals surface area contributed by atoms with Crippen molar-refractivity contribution >= 4 is 17.3 Å². The fraction of sp³-hybridized carbons (Fsp3) is 0.148. The molecule has 1 aromatic heterocycles. The van der Waals surface area contributed by atoms with Crippen LogP contribution in [0.3, 0.4) is 0 Å². The molecule has 4 aromatic rings. The summed E-state index contributed by atoms with van der Waals surface area (Å²) >= 11 is 0. The minimum atomic E-state index is -0.698. The van der Waals surface area contributed by atoms with Gasteiger partial charge in [0.05, 0.1) is 23.9 Å². The first-order valence-corrected chi connectivity index (χ1v) is 11.3. The molecule has 182 valence electrons. The maximum Gasteiger partial charge on any atom is 0.327 e. The summed E-state index contributed by atoms with van der Waals surface area (Å²) in [5, 5.41) is 7.04. The molecule has 2 amide bonds. The number of benzene rings is 3. The minimum Gasteiger partial charge on any atom is -0.494 e. The van der Waals surface area contributed by atoms with E-state index in [4.69, 9.17) is 9.26 Å². The molecule has 5 rings (SSSR count). The van der Waals surface area contributed by atoms with Gasteiger partial charge >= 0.3 is 6.03 Å². The lowest BCUT2D eigenvalue weighted by atomic mass is 9.94. The molecule has 1 unspecified atom stereocenters. The van der Waals surface area contributed by atoms with E-state index in [0.29, 0.717) is 40.5 Å². The lowest BCUT2D eigenvalue weighted by Gasteiger charge is -2.35. The van der Waals surface area contributed by atoms with E-state index in [0.717, 1.165) is 5.75 Å². The lowest BCUT2D eigenvalue weighted by molar-refractivity contribution is 0.244. The number of ether oxygens (including phenoxy) is 1. The van der Waals surface area contributed by atoms with E-state index in [1.165, 1.54) is 35.2 Å². The van der Waals surface area contributed by atoms with E-state index < -0.39 is 23.7 Å². The number of carbonyl (C=O) groups excluding carboxylic acids is 1. The smallest absolute Gasteiger partial charge is 0.327 e. The number of halogens is 2. The molecule has 2 heterocycles. The molecule has 1 aliphatic heterocycles. The second-order valence-electron chi connectivity index (χ2n) is 8.13. The average Bonchev–Trinajstić information content (AvgIpc) is 3.35. The molecule has 1 aliphatic rings. The predicted molar refractivity (Wildman–Crippen MR) is 130 cm³/mol. The zero-order valence-electron chi connectivity index (χ0n) is 19.5. The van der Waals surface area contributed by atoms with E-state index in [9.17, 15) is 13.6 Å². The molecule has 0 bridgehead atoms. The predicted octanol–water partition coefficient (Wildman–Crippen LogP) is 6.12. The van der Waals surface area contributed by atoms with Crippen LogP contribution in [0.1, 0.15) is 31.3 Å². The summed E-state index contributed by atoms with van der Waals surface area (Å²) in [6.07, 6.45) is 0. The van der Waals surface area contributed by atoms with Crippen LogP contribution in [0.15, 0.2) is 83.0 Å². The average molecular weight is 488 g/mol. The Bertz CT molecular complexity index is 1430.